The number of nitrogens with one attached hydrogen (secondary N) is 2. The third-order valence-corrected chi connectivity index (χ3v) is 5.42. The molecule has 0 unspecified atom stereocenters. The summed E-state index contributed by atoms with van der Waals surface area (Å²) in [5.74, 6) is -0.190. The number of rotatable bonds is 4. The van der Waals surface area contributed by atoms with Gasteiger partial charge in [0, 0.05) is 18.2 Å². The SMILES string of the molecule is O=C(NC(=O)c1c(Cl)cccc1Cl)Nc1ccc(Oc2cc(Cl)c(Cl)c(Cl)c2)nc1. The second-order valence-electron chi connectivity index (χ2n) is 5.69. The number of hydrogen-bond acceptors (Lipinski definition) is 4. The monoisotopic (exact) mass is 503 g/mol. The maximum Gasteiger partial charge on any atom is 0.326 e. The van der Waals surface area contributed by atoms with Crippen LogP contribution in [0.15, 0.2) is 48.7 Å². The summed E-state index contributed by atoms with van der Waals surface area (Å²) in [5, 5.41) is 5.54. The molecule has 6 nitrogen and oxygen atoms in total. The van der Waals surface area contributed by atoms with Gasteiger partial charge < -0.3 is 10.1 Å². The zero-order valence-corrected chi connectivity index (χ0v) is 18.5. The fourth-order valence-electron chi connectivity index (χ4n) is 2.27. The molecule has 3 aromatic rings. The third-order valence-electron chi connectivity index (χ3n) is 3.59. The minimum atomic E-state index is -0.789. The number of carbonyl (C=O) groups is 2. The maximum atomic E-state index is 12.2. The molecular weight excluding hydrogens is 495 g/mol. The number of benzene rings is 2. The number of urea groups is 1. The first-order chi connectivity index (χ1) is 14.2. The summed E-state index contributed by atoms with van der Waals surface area (Å²) in [6, 6.07) is 9.77. The zero-order chi connectivity index (χ0) is 21.8. The van der Waals surface area contributed by atoms with E-state index in [0.717, 1.165) is 0 Å². The Morgan fingerprint density at radius 2 is 1.50 bits per heavy atom. The Morgan fingerprint density at radius 3 is 2.07 bits per heavy atom. The van der Waals surface area contributed by atoms with Crippen molar-refractivity contribution in [2.45, 2.75) is 0 Å². The lowest BCUT2D eigenvalue weighted by Crippen LogP contribution is -2.34. The minimum Gasteiger partial charge on any atom is -0.439 e. The van der Waals surface area contributed by atoms with Crippen LogP contribution in [0.4, 0.5) is 10.5 Å². The van der Waals surface area contributed by atoms with E-state index < -0.39 is 11.9 Å². The fraction of sp³-hybridized carbons (Fsp3) is 0. The predicted octanol–water partition coefficient (Wildman–Crippen LogP) is 7.10. The van der Waals surface area contributed by atoms with Gasteiger partial charge in [0.25, 0.3) is 5.91 Å². The topological polar surface area (TPSA) is 80.3 Å². The Kier molecular flexibility index (Phi) is 7.28. The molecule has 0 radical (unpaired) electrons. The molecule has 11 heteroatoms. The lowest BCUT2D eigenvalue weighted by atomic mass is 10.2. The van der Waals surface area contributed by atoms with Crippen molar-refractivity contribution in [1.29, 1.82) is 0 Å². The van der Waals surface area contributed by atoms with Crippen molar-refractivity contribution in [1.82, 2.24) is 10.3 Å². The number of halogens is 5. The van der Waals surface area contributed by atoms with E-state index in [-0.39, 0.29) is 36.6 Å². The lowest BCUT2D eigenvalue weighted by molar-refractivity contribution is 0.0967. The van der Waals surface area contributed by atoms with Gasteiger partial charge in [-0.25, -0.2) is 9.78 Å². The minimum absolute atomic E-state index is 0.00172. The van der Waals surface area contributed by atoms with E-state index in [4.69, 9.17) is 62.7 Å². The van der Waals surface area contributed by atoms with Gasteiger partial charge in [-0.3, -0.25) is 10.1 Å². The molecule has 0 aliphatic carbocycles. The van der Waals surface area contributed by atoms with E-state index in [0.29, 0.717) is 11.4 Å². The quantitative estimate of drug-likeness (QED) is 0.371. The molecule has 2 aromatic carbocycles. The molecule has 1 heterocycles. The van der Waals surface area contributed by atoms with E-state index in [1.165, 1.54) is 42.6 Å². The molecule has 0 fully saturated rings. The summed E-state index contributed by atoms with van der Waals surface area (Å²) in [7, 11) is 0. The molecule has 0 spiro atoms. The van der Waals surface area contributed by atoms with Crippen molar-refractivity contribution >= 4 is 75.6 Å². The van der Waals surface area contributed by atoms with Crippen LogP contribution >= 0.6 is 58.0 Å². The lowest BCUT2D eigenvalue weighted by Gasteiger charge is -2.10. The van der Waals surface area contributed by atoms with Gasteiger partial charge in [0.2, 0.25) is 5.88 Å². The molecule has 3 rings (SSSR count). The van der Waals surface area contributed by atoms with E-state index in [2.05, 4.69) is 15.6 Å². The fourth-order valence-corrected chi connectivity index (χ4v) is 3.41. The van der Waals surface area contributed by atoms with Gasteiger partial charge in [-0.2, -0.15) is 0 Å². The maximum absolute atomic E-state index is 12.2. The number of amides is 3. The molecular formula is C19H10Cl5N3O3. The number of hydrogen-bond donors (Lipinski definition) is 2. The third kappa shape index (κ3) is 5.47. The average molecular weight is 506 g/mol. The predicted molar refractivity (Wildman–Crippen MR) is 119 cm³/mol. The van der Waals surface area contributed by atoms with Gasteiger partial charge in [0.15, 0.2) is 0 Å². The van der Waals surface area contributed by atoms with Crippen molar-refractivity contribution < 1.29 is 14.3 Å². The second-order valence-corrected chi connectivity index (χ2v) is 7.70. The van der Waals surface area contributed by atoms with Gasteiger partial charge in [0.1, 0.15) is 5.75 Å². The van der Waals surface area contributed by atoms with E-state index in [1.807, 2.05) is 0 Å². The molecule has 30 heavy (non-hydrogen) atoms. The number of pyridine rings is 1. The van der Waals surface area contributed by atoms with Crippen LogP contribution in [0.3, 0.4) is 0 Å². The number of imide groups is 1. The van der Waals surface area contributed by atoms with Crippen LogP contribution in [-0.2, 0) is 0 Å². The van der Waals surface area contributed by atoms with Crippen LogP contribution in [0.5, 0.6) is 11.6 Å². The van der Waals surface area contributed by atoms with Gasteiger partial charge >= 0.3 is 6.03 Å². The van der Waals surface area contributed by atoms with E-state index in [1.54, 1.807) is 6.07 Å². The Morgan fingerprint density at radius 1 is 0.867 bits per heavy atom. The highest BCUT2D eigenvalue weighted by atomic mass is 35.5. The van der Waals surface area contributed by atoms with E-state index in [9.17, 15) is 9.59 Å². The number of anilines is 1. The molecule has 1 aromatic heterocycles. The Bertz CT molecular complexity index is 1080. The highest BCUT2D eigenvalue weighted by Gasteiger charge is 2.17. The van der Waals surface area contributed by atoms with Crippen molar-refractivity contribution in [3.8, 4) is 11.6 Å². The molecule has 0 aliphatic rings. The molecule has 154 valence electrons. The smallest absolute Gasteiger partial charge is 0.326 e. The van der Waals surface area contributed by atoms with Gasteiger partial charge in [0.05, 0.1) is 42.6 Å². The second kappa shape index (κ2) is 9.73. The molecule has 0 aliphatic heterocycles. The molecule has 3 amide bonds. The van der Waals surface area contributed by atoms with Crippen LogP contribution in [0, 0.1) is 0 Å². The molecule has 0 atom stereocenters. The summed E-state index contributed by atoms with van der Waals surface area (Å²) >= 11 is 29.7. The highest BCUT2D eigenvalue weighted by molar-refractivity contribution is 6.48. The first kappa shape index (κ1) is 22.5. The van der Waals surface area contributed by atoms with Crippen molar-refractivity contribution in [3.05, 3.63) is 79.3 Å². The van der Waals surface area contributed by atoms with Crippen molar-refractivity contribution in [2.24, 2.45) is 0 Å². The van der Waals surface area contributed by atoms with Crippen LogP contribution in [0.1, 0.15) is 10.4 Å². The normalized spacial score (nSPS) is 10.4. The van der Waals surface area contributed by atoms with Gasteiger partial charge in [-0.1, -0.05) is 64.1 Å². The Labute approximate surface area is 196 Å². The van der Waals surface area contributed by atoms with Crippen LogP contribution in [0.2, 0.25) is 25.1 Å². The summed E-state index contributed by atoms with van der Waals surface area (Å²) in [6.07, 6.45) is 1.33. The highest BCUT2D eigenvalue weighted by Crippen LogP contribution is 2.35. The molecule has 2 N–H and O–H groups in total. The molecule has 0 bridgehead atoms. The average Bonchev–Trinajstić information content (AvgIpc) is 2.67. The number of carbonyl (C=O) groups excluding carboxylic acids is 2. The standard InChI is InChI=1S/C19H10Cl5N3O3/c20-11-2-1-3-12(21)16(11)18(28)27-19(29)26-9-4-5-15(25-8-9)30-10-6-13(22)17(24)14(23)7-10/h1-8H,(H2,26,27,28,29). The van der Waals surface area contributed by atoms with Crippen LogP contribution in [0.25, 0.3) is 0 Å². The zero-order valence-electron chi connectivity index (χ0n) is 14.7. The molecule has 0 saturated heterocycles. The number of aromatic nitrogens is 1. The van der Waals surface area contributed by atoms with Crippen LogP contribution in [-0.4, -0.2) is 16.9 Å². The number of ether oxygens (including phenoxy) is 1. The van der Waals surface area contributed by atoms with Gasteiger partial charge in [-0.15, -0.1) is 0 Å². The van der Waals surface area contributed by atoms with Gasteiger partial charge in [-0.05, 0) is 18.2 Å². The summed E-state index contributed by atoms with van der Waals surface area (Å²) in [4.78, 5) is 28.4. The largest absolute Gasteiger partial charge is 0.439 e. The van der Waals surface area contributed by atoms with E-state index >= 15 is 0 Å². The number of nitrogens with zero attached hydrogens (tertiary/aromatic N) is 1. The molecule has 0 saturated carbocycles. The Balaban J connectivity index is 1.63. The summed E-state index contributed by atoms with van der Waals surface area (Å²) < 4.78 is 5.55. The van der Waals surface area contributed by atoms with Crippen LogP contribution < -0.4 is 15.4 Å². The van der Waals surface area contributed by atoms with Crippen molar-refractivity contribution in [3.63, 3.8) is 0 Å². The van der Waals surface area contributed by atoms with Crippen molar-refractivity contribution in [2.75, 3.05) is 5.32 Å². The first-order valence-corrected chi connectivity index (χ1v) is 9.98. The summed E-state index contributed by atoms with van der Waals surface area (Å²) in [5.41, 5.74) is 0.309. The summed E-state index contributed by atoms with van der Waals surface area (Å²) in [6.45, 7) is 0. The Hall–Kier alpha value is -2.22. The first-order valence-electron chi connectivity index (χ1n) is 8.09.